The van der Waals surface area contributed by atoms with Gasteiger partial charge in [-0.1, -0.05) is 194 Å². The molecule has 6 heteroatoms. The summed E-state index contributed by atoms with van der Waals surface area (Å²) in [5.41, 5.74) is 24.6. The van der Waals surface area contributed by atoms with Crippen molar-refractivity contribution in [2.24, 2.45) is 0 Å². The van der Waals surface area contributed by atoms with Crippen molar-refractivity contribution in [2.75, 3.05) is 0 Å². The molecule has 0 fully saturated rings. The largest absolute Gasteiger partial charge is 0.309 e. The Morgan fingerprint density at radius 2 is 0.413 bits per heavy atom. The summed E-state index contributed by atoms with van der Waals surface area (Å²) in [5.74, 6) is 0. The summed E-state index contributed by atoms with van der Waals surface area (Å²) >= 11 is 0. The molecule has 0 bridgehead atoms. The van der Waals surface area contributed by atoms with E-state index >= 15 is 0 Å². The number of hydrogen-bond acceptors (Lipinski definition) is 2. The molecule has 0 unspecified atom stereocenters. The van der Waals surface area contributed by atoms with E-state index in [1.165, 1.54) is 109 Å². The number of aromatic nitrogens is 4. The van der Waals surface area contributed by atoms with Gasteiger partial charge < -0.3 is 18.3 Å². The predicted octanol–water partition coefficient (Wildman–Crippen LogP) is 22.2. The van der Waals surface area contributed by atoms with Gasteiger partial charge in [0.25, 0.3) is 0 Å². The Bertz CT molecular complexity index is 5880. The minimum absolute atomic E-state index is 0.666. The van der Waals surface area contributed by atoms with Crippen LogP contribution in [-0.2, 0) is 0 Å². The van der Waals surface area contributed by atoms with Crippen LogP contribution < -0.4 is 0 Å². The number of hydrogen-bond donors (Lipinski definition) is 0. The minimum Gasteiger partial charge on any atom is -0.309 e. The van der Waals surface area contributed by atoms with Gasteiger partial charge in [-0.3, -0.25) is 0 Å². The van der Waals surface area contributed by atoms with Crippen molar-refractivity contribution in [2.45, 2.75) is 0 Å². The number of nitrogens with zero attached hydrogens (tertiary/aromatic N) is 6. The maximum atomic E-state index is 9.23. The van der Waals surface area contributed by atoms with Gasteiger partial charge >= 0.3 is 0 Å². The first kappa shape index (κ1) is 53.5. The molecule has 14 aromatic carbocycles. The molecule has 0 aliphatic carbocycles. The molecule has 0 spiro atoms. The van der Waals surface area contributed by atoms with Crippen LogP contribution in [0.25, 0.3) is 154 Å². The Balaban J connectivity index is 0.000000141. The van der Waals surface area contributed by atoms with E-state index in [0.717, 1.165) is 45.0 Å². The highest BCUT2D eigenvalue weighted by molar-refractivity contribution is 6.13. The summed E-state index contributed by atoms with van der Waals surface area (Å²) < 4.78 is 9.42. The number of para-hydroxylation sites is 6. The van der Waals surface area contributed by atoms with E-state index in [0.29, 0.717) is 11.1 Å². The fourth-order valence-corrected chi connectivity index (χ4v) is 14.0. The van der Waals surface area contributed by atoms with Gasteiger partial charge in [0.2, 0.25) is 0 Å². The van der Waals surface area contributed by atoms with E-state index in [-0.39, 0.29) is 0 Å². The second-order valence-corrected chi connectivity index (χ2v) is 23.5. The quantitative estimate of drug-likeness (QED) is 0.152. The van der Waals surface area contributed by atoms with Crippen LogP contribution in [0.15, 0.2) is 328 Å². The topological polar surface area (TPSA) is 67.3 Å². The van der Waals surface area contributed by atoms with Crippen LogP contribution in [0.3, 0.4) is 0 Å². The highest BCUT2D eigenvalue weighted by atomic mass is 15.0. The van der Waals surface area contributed by atoms with Crippen LogP contribution in [0.4, 0.5) is 0 Å². The van der Waals surface area contributed by atoms with Gasteiger partial charge in [-0.15, -0.1) is 0 Å². The summed E-state index contributed by atoms with van der Waals surface area (Å²) in [4.78, 5) is 0. The summed E-state index contributed by atoms with van der Waals surface area (Å²) in [5, 5.41) is 28.4. The lowest BCUT2D eigenvalue weighted by Crippen LogP contribution is -1.94. The average Bonchev–Trinajstić information content (AvgIpc) is 1.96. The third-order valence-electron chi connectivity index (χ3n) is 18.3. The van der Waals surface area contributed by atoms with E-state index < -0.39 is 0 Å². The van der Waals surface area contributed by atoms with E-state index in [9.17, 15) is 5.26 Å². The van der Waals surface area contributed by atoms with Crippen molar-refractivity contribution in [3.8, 4) is 79.4 Å². The molecule has 0 N–H and O–H groups in total. The fourth-order valence-electron chi connectivity index (χ4n) is 14.0. The predicted molar refractivity (Wildman–Crippen MR) is 381 cm³/mol. The van der Waals surface area contributed by atoms with Crippen molar-refractivity contribution < 1.29 is 0 Å². The van der Waals surface area contributed by atoms with E-state index in [4.69, 9.17) is 5.26 Å². The van der Waals surface area contributed by atoms with Crippen LogP contribution >= 0.6 is 0 Å². The zero-order chi connectivity index (χ0) is 61.2. The zero-order valence-electron chi connectivity index (χ0n) is 49.9. The minimum atomic E-state index is 0.666. The first-order valence-corrected chi connectivity index (χ1v) is 31.0. The normalized spacial score (nSPS) is 11.5. The van der Waals surface area contributed by atoms with Crippen LogP contribution in [-0.4, -0.2) is 18.3 Å². The smallest absolute Gasteiger partial charge is 0.0991 e. The monoisotopic (exact) mass is 1170 g/mol. The number of nitriles is 2. The Morgan fingerprint density at radius 3 is 0.728 bits per heavy atom. The molecule has 4 aromatic heterocycles. The third kappa shape index (κ3) is 9.01. The van der Waals surface area contributed by atoms with Gasteiger partial charge in [-0.25, -0.2) is 0 Å². The highest BCUT2D eigenvalue weighted by Crippen LogP contribution is 2.40. The summed E-state index contributed by atoms with van der Waals surface area (Å²) in [7, 11) is 0. The first-order valence-electron chi connectivity index (χ1n) is 31.0. The molecule has 0 radical (unpaired) electrons. The molecule has 18 aromatic rings. The van der Waals surface area contributed by atoms with Crippen LogP contribution in [0, 0.1) is 22.7 Å². The van der Waals surface area contributed by atoms with Gasteiger partial charge in [-0.2, -0.15) is 10.5 Å². The van der Waals surface area contributed by atoms with Gasteiger partial charge in [-0.05, 0) is 178 Å². The number of fused-ring (bicyclic) bond motifs is 12. The molecule has 18 rings (SSSR count). The molecule has 0 saturated carbocycles. The van der Waals surface area contributed by atoms with Gasteiger partial charge in [0.1, 0.15) is 0 Å². The van der Waals surface area contributed by atoms with Crippen molar-refractivity contribution in [3.63, 3.8) is 0 Å². The van der Waals surface area contributed by atoms with Crippen LogP contribution in [0.1, 0.15) is 11.1 Å². The van der Waals surface area contributed by atoms with Crippen molar-refractivity contribution in [3.05, 3.63) is 339 Å². The summed E-state index contributed by atoms with van der Waals surface area (Å²) in [6, 6.07) is 121. The van der Waals surface area contributed by atoms with E-state index in [1.807, 2.05) is 48.5 Å². The van der Waals surface area contributed by atoms with Crippen LogP contribution in [0.5, 0.6) is 0 Å². The SMILES string of the molecule is N#Cc1ccc(-c2ccc(-n3c4ccccc4c4cc(-c5ccc(-n6c7ccccc7c7ccccc76)cc5)ccc43)cc2)cc1.N#Cc1ccc(-c2cccc(-n3c4ccccc4c4cc(-c5ccc(-n6c7ccccc7c7ccccc76)cc5)ccc43)c2)cc1. The lowest BCUT2D eigenvalue weighted by atomic mass is 10.0. The Kier molecular flexibility index (Phi) is 12.9. The second-order valence-electron chi connectivity index (χ2n) is 23.5. The molecule has 0 saturated heterocycles. The third-order valence-corrected chi connectivity index (χ3v) is 18.3. The molecular formula is C86H54N6. The summed E-state index contributed by atoms with van der Waals surface area (Å²) in [6.45, 7) is 0. The summed E-state index contributed by atoms with van der Waals surface area (Å²) in [6.07, 6.45) is 0. The van der Waals surface area contributed by atoms with E-state index in [1.54, 1.807) is 0 Å². The lowest BCUT2D eigenvalue weighted by Gasteiger charge is -2.11. The molecule has 0 aliphatic heterocycles. The number of rotatable bonds is 8. The average molecular weight is 1170 g/mol. The first-order chi connectivity index (χ1) is 45.5. The Morgan fingerprint density at radius 1 is 0.174 bits per heavy atom. The van der Waals surface area contributed by atoms with Gasteiger partial charge in [0.05, 0.1) is 67.4 Å². The number of benzene rings is 14. The highest BCUT2D eigenvalue weighted by Gasteiger charge is 2.18. The standard InChI is InChI=1S/2C43H27N3/c44-28-29-16-18-30(19-17-29)32-8-7-9-35(26-32)46-42-15-6-3-12-38(42)39-27-33(22-25-43(39)46)31-20-23-34(24-21-31)45-40-13-4-1-10-36(40)37-11-2-5-14-41(37)45;44-28-29-13-15-30(16-14-29)31-17-22-35(23-18-31)46-42-12-6-3-9-38(42)39-27-33(21-26-43(39)46)32-19-24-34(25-20-32)45-40-10-4-1-7-36(40)37-8-2-5-11-41(37)45/h2*1-27H. The second kappa shape index (κ2) is 22.1. The van der Waals surface area contributed by atoms with Gasteiger partial charge in [0.15, 0.2) is 0 Å². The maximum absolute atomic E-state index is 9.23. The molecular weight excluding hydrogens is 1120 g/mol. The molecule has 6 nitrogen and oxygen atoms in total. The molecule has 0 amide bonds. The lowest BCUT2D eigenvalue weighted by molar-refractivity contribution is 1.18. The van der Waals surface area contributed by atoms with Crippen molar-refractivity contribution in [1.82, 2.24) is 18.3 Å². The zero-order valence-corrected chi connectivity index (χ0v) is 49.9. The maximum Gasteiger partial charge on any atom is 0.0991 e. The van der Waals surface area contributed by atoms with Crippen LogP contribution in [0.2, 0.25) is 0 Å². The van der Waals surface area contributed by atoms with Gasteiger partial charge in [0, 0.05) is 65.8 Å². The van der Waals surface area contributed by atoms with Crippen molar-refractivity contribution in [1.29, 1.82) is 10.5 Å². The fraction of sp³-hybridized carbons (Fsp3) is 0. The van der Waals surface area contributed by atoms with Crippen molar-refractivity contribution >= 4 is 87.2 Å². The van der Waals surface area contributed by atoms with E-state index in [2.05, 4.69) is 309 Å². The molecule has 4 heterocycles. The molecule has 92 heavy (non-hydrogen) atoms. The molecule has 0 aliphatic rings. The molecule has 0 atom stereocenters. The Hall–Kier alpha value is -12.7. The molecule has 428 valence electrons. The Labute approximate surface area is 531 Å².